The fourth-order valence-corrected chi connectivity index (χ4v) is 3.98. The van der Waals surface area contributed by atoms with Gasteiger partial charge in [0.2, 0.25) is 0 Å². The van der Waals surface area contributed by atoms with Gasteiger partial charge in [-0.3, -0.25) is 9.52 Å². The first-order chi connectivity index (χ1) is 15.6. The van der Waals surface area contributed by atoms with E-state index in [4.69, 9.17) is 21.1 Å². The molecule has 0 saturated carbocycles. The predicted molar refractivity (Wildman–Crippen MR) is 116 cm³/mol. The zero-order valence-corrected chi connectivity index (χ0v) is 18.4. The Morgan fingerprint density at radius 2 is 1.70 bits per heavy atom. The minimum atomic E-state index is -3.97. The molecular formula is C21H16ClF3N2O5S. The second-order valence-electron chi connectivity index (χ2n) is 6.49. The van der Waals surface area contributed by atoms with Gasteiger partial charge in [-0.2, -0.15) is 0 Å². The minimum Gasteiger partial charge on any atom is -0.497 e. The summed E-state index contributed by atoms with van der Waals surface area (Å²) in [6, 6.07) is 11.3. The van der Waals surface area contributed by atoms with Gasteiger partial charge in [-0.05, 0) is 54.6 Å². The van der Waals surface area contributed by atoms with Crippen LogP contribution < -0.4 is 19.5 Å². The van der Waals surface area contributed by atoms with Gasteiger partial charge in [0.05, 0.1) is 22.7 Å². The molecule has 33 heavy (non-hydrogen) atoms. The molecule has 0 bridgehead atoms. The average Bonchev–Trinajstić information content (AvgIpc) is 2.79. The lowest BCUT2D eigenvalue weighted by atomic mass is 10.3. The summed E-state index contributed by atoms with van der Waals surface area (Å²) in [5.74, 6) is -5.03. The molecule has 0 heterocycles. The average molecular weight is 501 g/mol. The third-order valence-corrected chi connectivity index (χ3v) is 5.90. The zero-order chi connectivity index (χ0) is 24.2. The molecule has 3 rings (SSSR count). The van der Waals surface area contributed by atoms with Crippen molar-refractivity contribution in [2.24, 2.45) is 0 Å². The Morgan fingerprint density at radius 1 is 1.00 bits per heavy atom. The van der Waals surface area contributed by atoms with Crippen LogP contribution in [0.3, 0.4) is 0 Å². The number of sulfonamides is 1. The van der Waals surface area contributed by atoms with E-state index in [0.717, 1.165) is 12.1 Å². The number of anilines is 2. The molecule has 0 unspecified atom stereocenters. The third kappa shape index (κ3) is 5.88. The monoisotopic (exact) mass is 500 g/mol. The van der Waals surface area contributed by atoms with Crippen LogP contribution in [0.25, 0.3) is 0 Å². The second-order valence-corrected chi connectivity index (χ2v) is 8.58. The maximum atomic E-state index is 13.6. The fraction of sp³-hybridized carbons (Fsp3) is 0.0952. The third-order valence-electron chi connectivity index (χ3n) is 4.22. The Bertz CT molecular complexity index is 1290. The summed E-state index contributed by atoms with van der Waals surface area (Å²) in [6.07, 6.45) is 0. The first-order valence-electron chi connectivity index (χ1n) is 9.13. The molecule has 0 aliphatic heterocycles. The number of nitrogens with one attached hydrogen (secondary N) is 2. The van der Waals surface area contributed by atoms with E-state index in [1.54, 1.807) is 12.1 Å². The van der Waals surface area contributed by atoms with Crippen LogP contribution in [0.5, 0.6) is 11.5 Å². The van der Waals surface area contributed by atoms with Gasteiger partial charge in [-0.15, -0.1) is 0 Å². The van der Waals surface area contributed by atoms with Crippen molar-refractivity contribution in [2.45, 2.75) is 4.90 Å². The van der Waals surface area contributed by atoms with E-state index in [-0.39, 0.29) is 15.7 Å². The van der Waals surface area contributed by atoms with Crippen LogP contribution in [0.2, 0.25) is 5.02 Å². The smallest absolute Gasteiger partial charge is 0.262 e. The van der Waals surface area contributed by atoms with Crippen LogP contribution in [0.15, 0.2) is 59.5 Å². The summed E-state index contributed by atoms with van der Waals surface area (Å²) < 4.78 is 77.6. The zero-order valence-electron chi connectivity index (χ0n) is 16.9. The molecule has 2 N–H and O–H groups in total. The van der Waals surface area contributed by atoms with Crippen LogP contribution in [-0.4, -0.2) is 28.0 Å². The van der Waals surface area contributed by atoms with Crippen LogP contribution in [0.1, 0.15) is 0 Å². The van der Waals surface area contributed by atoms with Crippen molar-refractivity contribution in [3.05, 3.63) is 77.1 Å². The first kappa shape index (κ1) is 24.2. The molecule has 0 fully saturated rings. The summed E-state index contributed by atoms with van der Waals surface area (Å²) >= 11 is 6.07. The number of carbonyl (C=O) groups is 1. The number of benzene rings is 3. The molecule has 0 radical (unpaired) electrons. The van der Waals surface area contributed by atoms with Crippen LogP contribution in [0.4, 0.5) is 24.5 Å². The van der Waals surface area contributed by atoms with Gasteiger partial charge >= 0.3 is 0 Å². The SMILES string of the molecule is COc1ccc(NS(=O)(=O)c2ccc(OCC(=O)Nc3ccc(F)c(F)c3F)c(Cl)c2)cc1. The maximum absolute atomic E-state index is 13.6. The highest BCUT2D eigenvalue weighted by atomic mass is 35.5. The number of halogens is 4. The summed E-state index contributed by atoms with van der Waals surface area (Å²) in [5, 5.41) is 1.92. The van der Waals surface area contributed by atoms with Gasteiger partial charge in [0.15, 0.2) is 24.1 Å². The van der Waals surface area contributed by atoms with E-state index in [1.165, 1.54) is 31.4 Å². The number of ether oxygens (including phenoxy) is 2. The van der Waals surface area contributed by atoms with E-state index < -0.39 is 45.7 Å². The quantitative estimate of drug-likeness (QED) is 0.441. The highest BCUT2D eigenvalue weighted by Gasteiger charge is 2.18. The van der Waals surface area contributed by atoms with Gasteiger partial charge in [0.1, 0.15) is 11.5 Å². The minimum absolute atomic E-state index is 0.0269. The largest absolute Gasteiger partial charge is 0.497 e. The molecule has 0 spiro atoms. The van der Waals surface area contributed by atoms with E-state index in [2.05, 4.69) is 4.72 Å². The number of methoxy groups -OCH3 is 1. The Balaban J connectivity index is 1.65. The summed E-state index contributed by atoms with van der Waals surface area (Å²) in [5.41, 5.74) is -0.270. The predicted octanol–water partition coefficient (Wildman–Crippen LogP) is 4.58. The number of hydrogen-bond acceptors (Lipinski definition) is 5. The summed E-state index contributed by atoms with van der Waals surface area (Å²) in [4.78, 5) is 11.8. The lowest BCUT2D eigenvalue weighted by molar-refractivity contribution is -0.118. The van der Waals surface area contributed by atoms with Crippen LogP contribution >= 0.6 is 11.6 Å². The number of carbonyl (C=O) groups excluding carboxylic acids is 1. The first-order valence-corrected chi connectivity index (χ1v) is 11.0. The van der Waals surface area contributed by atoms with Crippen molar-refractivity contribution in [2.75, 3.05) is 23.8 Å². The van der Waals surface area contributed by atoms with E-state index in [0.29, 0.717) is 17.5 Å². The topological polar surface area (TPSA) is 93.7 Å². The highest BCUT2D eigenvalue weighted by Crippen LogP contribution is 2.29. The van der Waals surface area contributed by atoms with Crippen LogP contribution in [-0.2, 0) is 14.8 Å². The molecule has 0 aliphatic rings. The van der Waals surface area contributed by atoms with Crippen LogP contribution in [0, 0.1) is 17.5 Å². The molecule has 0 aromatic heterocycles. The molecular weight excluding hydrogens is 485 g/mol. The van der Waals surface area contributed by atoms with Crippen molar-refractivity contribution in [3.63, 3.8) is 0 Å². The molecule has 3 aromatic rings. The van der Waals surface area contributed by atoms with Gasteiger partial charge in [0, 0.05) is 5.69 Å². The molecule has 1 amide bonds. The van der Waals surface area contributed by atoms with Gasteiger partial charge < -0.3 is 14.8 Å². The molecule has 7 nitrogen and oxygen atoms in total. The molecule has 0 atom stereocenters. The second kappa shape index (κ2) is 10.0. The fourth-order valence-electron chi connectivity index (χ4n) is 2.59. The van der Waals surface area contributed by atoms with Gasteiger partial charge in [0.25, 0.3) is 15.9 Å². The van der Waals surface area contributed by atoms with Crippen molar-refractivity contribution in [3.8, 4) is 11.5 Å². The molecule has 3 aromatic carbocycles. The van der Waals surface area contributed by atoms with Crippen molar-refractivity contribution < 1.29 is 35.9 Å². The molecule has 0 aliphatic carbocycles. The number of hydrogen-bond donors (Lipinski definition) is 2. The van der Waals surface area contributed by atoms with Gasteiger partial charge in [-0.25, -0.2) is 21.6 Å². The van der Waals surface area contributed by atoms with Crippen molar-refractivity contribution in [1.29, 1.82) is 0 Å². The molecule has 0 saturated heterocycles. The normalized spacial score (nSPS) is 11.1. The Labute approximate surface area is 192 Å². The number of amides is 1. The Kier molecular flexibility index (Phi) is 7.34. The lowest BCUT2D eigenvalue weighted by Gasteiger charge is -2.12. The van der Waals surface area contributed by atoms with E-state index in [9.17, 15) is 26.4 Å². The maximum Gasteiger partial charge on any atom is 0.262 e. The van der Waals surface area contributed by atoms with Crippen molar-refractivity contribution >= 4 is 38.9 Å². The summed E-state index contributed by atoms with van der Waals surface area (Å²) in [6.45, 7) is -0.658. The Hall–Kier alpha value is -3.44. The highest BCUT2D eigenvalue weighted by molar-refractivity contribution is 7.92. The van der Waals surface area contributed by atoms with E-state index >= 15 is 0 Å². The van der Waals surface area contributed by atoms with Crippen molar-refractivity contribution in [1.82, 2.24) is 0 Å². The number of rotatable bonds is 8. The Morgan fingerprint density at radius 3 is 2.33 bits per heavy atom. The van der Waals surface area contributed by atoms with E-state index in [1.807, 2.05) is 5.32 Å². The van der Waals surface area contributed by atoms with Gasteiger partial charge in [-0.1, -0.05) is 11.6 Å². The lowest BCUT2D eigenvalue weighted by Crippen LogP contribution is -2.21. The summed E-state index contributed by atoms with van der Waals surface area (Å²) in [7, 11) is -2.49. The standard InChI is InChI=1S/C21H16ClF3N2O5S/c1-31-13-4-2-12(3-5-13)27-33(29,30)14-6-9-18(15(22)10-14)32-11-19(28)26-17-8-7-16(23)20(24)21(17)25/h2-10,27H,11H2,1H3,(H,26,28). The molecule has 174 valence electrons. The molecule has 12 heteroatoms.